The second-order valence-corrected chi connectivity index (χ2v) is 3.64. The summed E-state index contributed by atoms with van der Waals surface area (Å²) in [7, 11) is 0. The highest BCUT2D eigenvalue weighted by Gasteiger charge is 2.16. The van der Waals surface area contributed by atoms with Crippen molar-refractivity contribution in [3.05, 3.63) is 24.2 Å². The molecule has 0 amide bonds. The molecule has 0 bridgehead atoms. The van der Waals surface area contributed by atoms with Crippen molar-refractivity contribution in [2.75, 3.05) is 5.73 Å². The Morgan fingerprint density at radius 1 is 1.33 bits per heavy atom. The highest BCUT2D eigenvalue weighted by molar-refractivity contribution is 5.65. The van der Waals surface area contributed by atoms with Crippen LogP contribution in [0.4, 0.5) is 5.82 Å². The van der Waals surface area contributed by atoms with E-state index in [0.717, 1.165) is 17.0 Å². The van der Waals surface area contributed by atoms with Gasteiger partial charge in [-0.15, -0.1) is 0 Å². The van der Waals surface area contributed by atoms with Crippen LogP contribution in [-0.2, 0) is 0 Å². The summed E-state index contributed by atoms with van der Waals surface area (Å²) in [5, 5.41) is 6.89. The molecule has 0 saturated carbocycles. The smallest absolute Gasteiger partial charge is 0.149 e. The average molecular weight is 203 g/mol. The number of hydrogen-bond donors (Lipinski definition) is 2. The van der Waals surface area contributed by atoms with E-state index in [2.05, 4.69) is 34.0 Å². The molecule has 2 rings (SSSR count). The third-order valence-corrected chi connectivity index (χ3v) is 2.23. The Bertz CT molecular complexity index is 446. The van der Waals surface area contributed by atoms with Gasteiger partial charge >= 0.3 is 0 Å². The van der Waals surface area contributed by atoms with Gasteiger partial charge in [0.2, 0.25) is 0 Å². The van der Waals surface area contributed by atoms with Gasteiger partial charge in [0.25, 0.3) is 0 Å². The van der Waals surface area contributed by atoms with Crippen LogP contribution in [0.3, 0.4) is 0 Å². The summed E-state index contributed by atoms with van der Waals surface area (Å²) in [6.45, 7) is 4.14. The molecule has 0 aliphatic heterocycles. The molecule has 0 aromatic carbocycles. The summed E-state index contributed by atoms with van der Waals surface area (Å²) < 4.78 is 0. The molecule has 0 atom stereocenters. The van der Waals surface area contributed by atoms with E-state index < -0.39 is 0 Å². The maximum atomic E-state index is 5.79. The minimum Gasteiger partial charge on any atom is -0.382 e. The van der Waals surface area contributed by atoms with Crippen LogP contribution in [0.15, 0.2) is 18.6 Å². The van der Waals surface area contributed by atoms with Gasteiger partial charge in [-0.3, -0.25) is 15.1 Å². The van der Waals surface area contributed by atoms with Gasteiger partial charge in [0.05, 0.1) is 11.9 Å². The number of nitrogens with two attached hydrogens (primary N) is 1. The second kappa shape index (κ2) is 3.68. The van der Waals surface area contributed by atoms with Gasteiger partial charge in [0, 0.05) is 18.0 Å². The molecule has 5 nitrogen and oxygen atoms in total. The Hall–Kier alpha value is -1.91. The van der Waals surface area contributed by atoms with Crippen molar-refractivity contribution in [3.63, 3.8) is 0 Å². The lowest BCUT2D eigenvalue weighted by Gasteiger charge is -2.05. The zero-order valence-electron chi connectivity index (χ0n) is 8.73. The fourth-order valence-electron chi connectivity index (χ4n) is 1.57. The van der Waals surface area contributed by atoms with Gasteiger partial charge in [-0.1, -0.05) is 13.8 Å². The van der Waals surface area contributed by atoms with Crippen molar-refractivity contribution in [2.45, 2.75) is 19.8 Å². The molecule has 2 aromatic rings. The molecule has 78 valence electrons. The summed E-state index contributed by atoms with van der Waals surface area (Å²) in [6.07, 6.45) is 4.98. The molecule has 15 heavy (non-hydrogen) atoms. The molecular weight excluding hydrogens is 190 g/mol. The molecular formula is C10H13N5. The van der Waals surface area contributed by atoms with Crippen LogP contribution in [0.5, 0.6) is 0 Å². The first-order valence-electron chi connectivity index (χ1n) is 4.80. The molecule has 2 aromatic heterocycles. The molecule has 0 aliphatic carbocycles. The van der Waals surface area contributed by atoms with Crippen molar-refractivity contribution in [2.24, 2.45) is 0 Å². The van der Waals surface area contributed by atoms with Crippen LogP contribution in [0, 0.1) is 0 Å². The molecule has 3 N–H and O–H groups in total. The number of hydrogen-bond acceptors (Lipinski definition) is 4. The quantitative estimate of drug-likeness (QED) is 0.776. The van der Waals surface area contributed by atoms with E-state index in [1.54, 1.807) is 18.6 Å². The molecule has 2 heterocycles. The molecule has 0 radical (unpaired) electrons. The minimum atomic E-state index is 0.306. The molecule has 5 heteroatoms. The lowest BCUT2D eigenvalue weighted by Crippen LogP contribution is -1.96. The molecule has 0 saturated heterocycles. The Balaban J connectivity index is 2.54. The van der Waals surface area contributed by atoms with Gasteiger partial charge in [0.15, 0.2) is 0 Å². The number of nitrogens with one attached hydrogen (secondary N) is 1. The van der Waals surface area contributed by atoms with E-state index in [0.29, 0.717) is 11.7 Å². The van der Waals surface area contributed by atoms with Crippen LogP contribution in [0.25, 0.3) is 11.4 Å². The third-order valence-electron chi connectivity index (χ3n) is 2.23. The number of rotatable bonds is 2. The number of H-pyrrole nitrogens is 1. The molecule has 0 spiro atoms. The zero-order valence-corrected chi connectivity index (χ0v) is 8.73. The first kappa shape index (κ1) is 9.64. The Morgan fingerprint density at radius 2 is 2.13 bits per heavy atom. The first-order chi connectivity index (χ1) is 7.20. The average Bonchev–Trinajstić information content (AvgIpc) is 2.61. The van der Waals surface area contributed by atoms with Crippen LogP contribution >= 0.6 is 0 Å². The van der Waals surface area contributed by atoms with Crippen molar-refractivity contribution < 1.29 is 0 Å². The second-order valence-electron chi connectivity index (χ2n) is 3.64. The Morgan fingerprint density at radius 3 is 2.73 bits per heavy atom. The lowest BCUT2D eigenvalue weighted by atomic mass is 10.0. The Labute approximate surface area is 87.8 Å². The monoisotopic (exact) mass is 203 g/mol. The molecule has 0 aliphatic rings. The fraction of sp³-hybridized carbons (Fsp3) is 0.300. The van der Waals surface area contributed by atoms with Gasteiger partial charge in [-0.25, -0.2) is 0 Å². The standard InChI is InChI=1S/C10H13N5/c1-6(2)8-9(14-15-10(8)11)7-5-12-3-4-13-7/h3-6H,1-2H3,(H3,11,14,15). The maximum absolute atomic E-state index is 5.79. The van der Waals surface area contributed by atoms with E-state index in [-0.39, 0.29) is 0 Å². The lowest BCUT2D eigenvalue weighted by molar-refractivity contribution is 0.872. The van der Waals surface area contributed by atoms with E-state index in [1.807, 2.05) is 0 Å². The number of anilines is 1. The fourth-order valence-corrected chi connectivity index (χ4v) is 1.57. The van der Waals surface area contributed by atoms with Crippen molar-refractivity contribution in [1.29, 1.82) is 0 Å². The highest BCUT2D eigenvalue weighted by atomic mass is 15.2. The molecule has 0 fully saturated rings. The predicted octanol–water partition coefficient (Wildman–Crippen LogP) is 1.57. The van der Waals surface area contributed by atoms with Crippen LogP contribution in [0.2, 0.25) is 0 Å². The Kier molecular flexibility index (Phi) is 2.37. The maximum Gasteiger partial charge on any atom is 0.149 e. The van der Waals surface area contributed by atoms with Crippen molar-refractivity contribution in [3.8, 4) is 11.4 Å². The number of nitrogens with zero attached hydrogens (tertiary/aromatic N) is 3. The summed E-state index contributed by atoms with van der Waals surface area (Å²) in [5.41, 5.74) is 8.41. The van der Waals surface area contributed by atoms with Crippen molar-refractivity contribution in [1.82, 2.24) is 20.2 Å². The third kappa shape index (κ3) is 1.68. The van der Waals surface area contributed by atoms with Crippen molar-refractivity contribution >= 4 is 5.82 Å². The van der Waals surface area contributed by atoms with Gasteiger partial charge in [-0.05, 0) is 5.92 Å². The van der Waals surface area contributed by atoms with Crippen LogP contribution in [-0.4, -0.2) is 20.2 Å². The van der Waals surface area contributed by atoms with E-state index in [4.69, 9.17) is 5.73 Å². The minimum absolute atomic E-state index is 0.306. The van der Waals surface area contributed by atoms with E-state index >= 15 is 0 Å². The normalized spacial score (nSPS) is 10.9. The zero-order chi connectivity index (χ0) is 10.8. The summed E-state index contributed by atoms with van der Waals surface area (Å²) in [4.78, 5) is 8.24. The molecule has 0 unspecified atom stereocenters. The summed E-state index contributed by atoms with van der Waals surface area (Å²) in [5.74, 6) is 0.839. The largest absolute Gasteiger partial charge is 0.382 e. The first-order valence-corrected chi connectivity index (χ1v) is 4.80. The van der Waals surface area contributed by atoms with Crippen LogP contribution < -0.4 is 5.73 Å². The summed E-state index contributed by atoms with van der Waals surface area (Å²) in [6, 6.07) is 0. The van der Waals surface area contributed by atoms with Crippen LogP contribution in [0.1, 0.15) is 25.3 Å². The van der Waals surface area contributed by atoms with Gasteiger partial charge in [0.1, 0.15) is 11.5 Å². The SMILES string of the molecule is CC(C)c1c(N)n[nH]c1-c1cnccn1. The van der Waals surface area contributed by atoms with Gasteiger partial charge in [-0.2, -0.15) is 5.10 Å². The topological polar surface area (TPSA) is 80.5 Å². The number of aromatic nitrogens is 4. The van der Waals surface area contributed by atoms with E-state index in [1.165, 1.54) is 0 Å². The number of nitrogen functional groups attached to an aromatic ring is 1. The van der Waals surface area contributed by atoms with Gasteiger partial charge < -0.3 is 5.73 Å². The number of aromatic amines is 1. The summed E-state index contributed by atoms with van der Waals surface area (Å²) >= 11 is 0. The highest BCUT2D eigenvalue weighted by Crippen LogP contribution is 2.29. The van der Waals surface area contributed by atoms with E-state index in [9.17, 15) is 0 Å². The predicted molar refractivity (Wildman–Crippen MR) is 58.1 cm³/mol.